The number of hydrogen-bond acceptors (Lipinski definition) is 3. The molecule has 0 bridgehead atoms. The molecular formula is C21H30O3. The molecule has 0 saturated heterocycles. The summed E-state index contributed by atoms with van der Waals surface area (Å²) in [6.45, 7) is 7.30. The van der Waals surface area contributed by atoms with Gasteiger partial charge in [0.2, 0.25) is 0 Å². The van der Waals surface area contributed by atoms with E-state index >= 15 is 0 Å². The predicted molar refractivity (Wildman–Crippen MR) is 92.5 cm³/mol. The summed E-state index contributed by atoms with van der Waals surface area (Å²) in [6.07, 6.45) is 8.97. The zero-order valence-corrected chi connectivity index (χ0v) is 15.3. The average molecular weight is 330 g/mol. The lowest BCUT2D eigenvalue weighted by Crippen LogP contribution is -2.53. The van der Waals surface area contributed by atoms with Crippen LogP contribution in [0.25, 0.3) is 0 Å². The lowest BCUT2D eigenvalue weighted by Gasteiger charge is -2.56. The highest BCUT2D eigenvalue weighted by atomic mass is 16.5. The van der Waals surface area contributed by atoms with Gasteiger partial charge in [0.05, 0.1) is 6.10 Å². The molecule has 0 aromatic carbocycles. The van der Waals surface area contributed by atoms with Gasteiger partial charge in [0.25, 0.3) is 0 Å². The number of allylic oxidation sites excluding steroid dienone is 1. The van der Waals surface area contributed by atoms with Crippen molar-refractivity contribution in [2.24, 2.45) is 28.6 Å². The number of carbonyl (C=O) groups excluding carboxylic acids is 2. The number of carbonyl (C=O) groups is 2. The van der Waals surface area contributed by atoms with Gasteiger partial charge in [0, 0.05) is 24.4 Å². The summed E-state index contributed by atoms with van der Waals surface area (Å²) in [5.74, 6) is 1.48. The van der Waals surface area contributed by atoms with E-state index in [0.29, 0.717) is 23.9 Å². The van der Waals surface area contributed by atoms with Crippen molar-refractivity contribution in [3.05, 3.63) is 11.6 Å². The van der Waals surface area contributed by atoms with Gasteiger partial charge >= 0.3 is 0 Å². The van der Waals surface area contributed by atoms with Crippen LogP contribution in [0.1, 0.15) is 65.7 Å². The third-order valence-electron chi connectivity index (χ3n) is 8.01. The van der Waals surface area contributed by atoms with E-state index in [1.807, 2.05) is 13.0 Å². The van der Waals surface area contributed by atoms with Gasteiger partial charge in [0.15, 0.2) is 5.78 Å². The summed E-state index contributed by atoms with van der Waals surface area (Å²) in [5, 5.41) is 0. The third kappa shape index (κ3) is 2.13. The zero-order chi connectivity index (χ0) is 17.1. The molecule has 0 heterocycles. The molecule has 3 fully saturated rings. The Balaban J connectivity index is 1.68. The maximum absolute atomic E-state index is 13.1. The van der Waals surface area contributed by atoms with E-state index in [9.17, 15) is 9.59 Å². The molecule has 6 atom stereocenters. The maximum Gasteiger partial charge on any atom is 0.159 e. The molecule has 0 aromatic heterocycles. The molecule has 4 aliphatic carbocycles. The van der Waals surface area contributed by atoms with Gasteiger partial charge in [-0.3, -0.25) is 9.59 Å². The molecule has 4 aliphatic rings. The number of ketones is 2. The Morgan fingerprint density at radius 3 is 2.54 bits per heavy atom. The summed E-state index contributed by atoms with van der Waals surface area (Å²) < 4.78 is 5.85. The van der Waals surface area contributed by atoms with Crippen molar-refractivity contribution in [1.29, 1.82) is 0 Å². The standard InChI is InChI=1S/C21H30O3/c1-4-24-14-7-9-20(2)13(11-14)12-17(22)19-15-5-6-18(23)21(15,3)10-8-16(19)20/h12,14-16,19H,4-11H2,1-3H3/t14?,15-,16-,19-,20-,21-/m0/s1. The van der Waals surface area contributed by atoms with E-state index in [0.717, 1.165) is 45.1 Å². The van der Waals surface area contributed by atoms with E-state index in [4.69, 9.17) is 4.74 Å². The van der Waals surface area contributed by atoms with Gasteiger partial charge in [0.1, 0.15) is 5.78 Å². The number of rotatable bonds is 2. The van der Waals surface area contributed by atoms with E-state index in [-0.39, 0.29) is 28.8 Å². The minimum absolute atomic E-state index is 0.0765. The number of hydrogen-bond donors (Lipinski definition) is 0. The molecular weight excluding hydrogens is 300 g/mol. The lowest BCUT2D eigenvalue weighted by atomic mass is 9.48. The first-order chi connectivity index (χ1) is 11.4. The molecule has 1 unspecified atom stereocenters. The van der Waals surface area contributed by atoms with Gasteiger partial charge in [-0.15, -0.1) is 0 Å². The minimum Gasteiger partial charge on any atom is -0.378 e. The van der Waals surface area contributed by atoms with E-state index in [1.54, 1.807) is 0 Å². The summed E-state index contributed by atoms with van der Waals surface area (Å²) in [7, 11) is 0. The van der Waals surface area contributed by atoms with Crippen molar-refractivity contribution < 1.29 is 14.3 Å². The third-order valence-corrected chi connectivity index (χ3v) is 8.01. The van der Waals surface area contributed by atoms with Gasteiger partial charge in [-0.05, 0) is 68.8 Å². The van der Waals surface area contributed by atoms with Crippen LogP contribution in [0.2, 0.25) is 0 Å². The number of fused-ring (bicyclic) bond motifs is 5. The topological polar surface area (TPSA) is 43.4 Å². The fraction of sp³-hybridized carbons (Fsp3) is 0.810. The molecule has 3 heteroatoms. The Labute approximate surface area is 145 Å². The first kappa shape index (κ1) is 16.5. The molecule has 0 aromatic rings. The van der Waals surface area contributed by atoms with Crippen LogP contribution in [0.5, 0.6) is 0 Å². The van der Waals surface area contributed by atoms with Crippen LogP contribution in [0.3, 0.4) is 0 Å². The van der Waals surface area contributed by atoms with Crippen molar-refractivity contribution in [2.75, 3.05) is 6.61 Å². The molecule has 24 heavy (non-hydrogen) atoms. The highest BCUT2D eigenvalue weighted by molar-refractivity contribution is 5.96. The monoisotopic (exact) mass is 330 g/mol. The van der Waals surface area contributed by atoms with Crippen molar-refractivity contribution in [1.82, 2.24) is 0 Å². The SMILES string of the molecule is CCOC1CC[C@@]2(C)C(=CC(=O)[C@@H]3[C@@H]2CC[C@]2(C)C(=O)CC[C@@H]32)C1. The van der Waals surface area contributed by atoms with Gasteiger partial charge < -0.3 is 4.74 Å². The molecule has 0 N–H and O–H groups in total. The fourth-order valence-electron chi connectivity index (χ4n) is 6.52. The van der Waals surface area contributed by atoms with Crippen LogP contribution in [-0.2, 0) is 14.3 Å². The smallest absolute Gasteiger partial charge is 0.159 e. The first-order valence-corrected chi connectivity index (χ1v) is 9.80. The number of Topliss-reactive ketones (excluding diaryl/α,β-unsaturated/α-hetero) is 1. The van der Waals surface area contributed by atoms with Crippen molar-refractivity contribution >= 4 is 11.6 Å². The van der Waals surface area contributed by atoms with Gasteiger partial charge in [-0.1, -0.05) is 19.4 Å². The van der Waals surface area contributed by atoms with Crippen molar-refractivity contribution in [3.8, 4) is 0 Å². The minimum atomic E-state index is -0.235. The molecule has 4 rings (SSSR count). The Morgan fingerprint density at radius 2 is 1.79 bits per heavy atom. The molecule has 0 aliphatic heterocycles. The number of ether oxygens (including phenoxy) is 1. The van der Waals surface area contributed by atoms with Crippen LogP contribution in [0.15, 0.2) is 11.6 Å². The largest absolute Gasteiger partial charge is 0.378 e. The molecule has 132 valence electrons. The van der Waals surface area contributed by atoms with Crippen LogP contribution >= 0.6 is 0 Å². The zero-order valence-electron chi connectivity index (χ0n) is 15.3. The van der Waals surface area contributed by atoms with Crippen LogP contribution in [0, 0.1) is 28.6 Å². The second-order valence-corrected chi connectivity index (χ2v) is 8.97. The van der Waals surface area contributed by atoms with E-state index < -0.39 is 0 Å². The molecule has 0 amide bonds. The second-order valence-electron chi connectivity index (χ2n) is 8.97. The molecule has 3 saturated carbocycles. The molecule has 0 radical (unpaired) electrons. The summed E-state index contributed by atoms with van der Waals surface area (Å²) in [5.41, 5.74) is 1.23. The highest BCUT2D eigenvalue weighted by Crippen LogP contribution is 2.63. The predicted octanol–water partition coefficient (Wildman–Crippen LogP) is 4.10. The van der Waals surface area contributed by atoms with Crippen LogP contribution < -0.4 is 0 Å². The van der Waals surface area contributed by atoms with Gasteiger partial charge in [-0.2, -0.15) is 0 Å². The quantitative estimate of drug-likeness (QED) is 0.765. The Hall–Kier alpha value is -0.960. The van der Waals surface area contributed by atoms with E-state index in [1.165, 1.54) is 5.57 Å². The fourth-order valence-corrected chi connectivity index (χ4v) is 6.52. The van der Waals surface area contributed by atoms with Crippen LogP contribution in [-0.4, -0.2) is 24.3 Å². The van der Waals surface area contributed by atoms with Crippen molar-refractivity contribution in [3.63, 3.8) is 0 Å². The Morgan fingerprint density at radius 1 is 1.08 bits per heavy atom. The van der Waals surface area contributed by atoms with Gasteiger partial charge in [-0.25, -0.2) is 0 Å². The van der Waals surface area contributed by atoms with Crippen LogP contribution in [0.4, 0.5) is 0 Å². The maximum atomic E-state index is 13.1. The normalized spacial score (nSPS) is 47.7. The van der Waals surface area contributed by atoms with E-state index in [2.05, 4.69) is 13.8 Å². The summed E-state index contributed by atoms with van der Waals surface area (Å²) in [4.78, 5) is 25.5. The second kappa shape index (κ2) is 5.52. The lowest BCUT2D eigenvalue weighted by molar-refractivity contribution is -0.140. The summed E-state index contributed by atoms with van der Waals surface area (Å²) in [6, 6.07) is 0. The summed E-state index contributed by atoms with van der Waals surface area (Å²) >= 11 is 0. The Bertz CT molecular complexity index is 606. The van der Waals surface area contributed by atoms with Crippen molar-refractivity contribution in [2.45, 2.75) is 71.8 Å². The molecule has 3 nitrogen and oxygen atoms in total. The average Bonchev–Trinajstić information content (AvgIpc) is 2.85. The first-order valence-electron chi connectivity index (χ1n) is 9.80. The highest BCUT2D eigenvalue weighted by Gasteiger charge is 2.60. The Kier molecular flexibility index (Phi) is 3.80. The molecule has 0 spiro atoms.